The summed E-state index contributed by atoms with van der Waals surface area (Å²) in [7, 11) is 0. The van der Waals surface area contributed by atoms with Crippen LogP contribution in [0.15, 0.2) is 48.5 Å². The van der Waals surface area contributed by atoms with Crippen molar-refractivity contribution in [2.75, 3.05) is 6.54 Å². The monoisotopic (exact) mass is 334 g/mol. The molecule has 3 aromatic rings. The van der Waals surface area contributed by atoms with Gasteiger partial charge in [0.2, 0.25) is 5.91 Å². The minimum absolute atomic E-state index is 0.0899. The van der Waals surface area contributed by atoms with Crippen LogP contribution in [0.25, 0.3) is 16.6 Å². The molecule has 2 heterocycles. The summed E-state index contributed by atoms with van der Waals surface area (Å²) in [6.07, 6.45) is 0.543. The van der Waals surface area contributed by atoms with E-state index >= 15 is 0 Å². The van der Waals surface area contributed by atoms with Gasteiger partial charge in [-0.05, 0) is 29.7 Å². The Morgan fingerprint density at radius 2 is 1.92 bits per heavy atom. The predicted molar refractivity (Wildman–Crippen MR) is 92.9 cm³/mol. The first-order chi connectivity index (χ1) is 12.2. The highest BCUT2D eigenvalue weighted by atomic mass is 19.1. The zero-order valence-electron chi connectivity index (χ0n) is 13.4. The summed E-state index contributed by atoms with van der Waals surface area (Å²) in [5, 5.41) is 1.05. The lowest BCUT2D eigenvalue weighted by Crippen LogP contribution is -2.36. The molecule has 5 heteroatoms. The third kappa shape index (κ3) is 2.55. The molecule has 0 saturated heterocycles. The molecule has 1 aliphatic heterocycles. The van der Waals surface area contributed by atoms with E-state index in [0.29, 0.717) is 24.2 Å². The number of carbonyl (C=O) groups is 1. The molecule has 25 heavy (non-hydrogen) atoms. The lowest BCUT2D eigenvalue weighted by atomic mass is 10.0. The normalized spacial score (nSPS) is 13.6. The first-order valence-corrected chi connectivity index (χ1v) is 8.08. The number of nitrogens with one attached hydrogen (secondary N) is 1. The summed E-state index contributed by atoms with van der Waals surface area (Å²) in [5.74, 6) is 1.17. The van der Waals surface area contributed by atoms with E-state index in [9.17, 15) is 14.0 Å². The smallest absolute Gasteiger partial charge is 0.232 e. The second kappa shape index (κ2) is 6.04. The maximum Gasteiger partial charge on any atom is 0.232 e. The quantitative estimate of drug-likeness (QED) is 0.732. The minimum atomic E-state index is -0.421. The lowest BCUT2D eigenvalue weighted by Gasteiger charge is -2.27. The standard InChI is InChI=1S/C20H15FN2O2/c21-16-7-3-1-5-13(16)11-19(25)23-10-9-15-14-6-2-4-8-17(14)22-20(15)18(23)12-24/h1-8,22H,9-11H2. The number of benzene rings is 2. The lowest BCUT2D eigenvalue weighted by molar-refractivity contribution is -0.127. The van der Waals surface area contributed by atoms with Gasteiger partial charge in [0.25, 0.3) is 0 Å². The van der Waals surface area contributed by atoms with E-state index in [1.807, 2.05) is 30.2 Å². The van der Waals surface area contributed by atoms with Crippen molar-refractivity contribution in [3.8, 4) is 0 Å². The number of carbonyl (C=O) groups excluding carboxylic acids is 2. The third-order valence-electron chi connectivity index (χ3n) is 4.60. The highest BCUT2D eigenvalue weighted by Gasteiger charge is 2.30. The second-order valence-corrected chi connectivity index (χ2v) is 6.04. The second-order valence-electron chi connectivity index (χ2n) is 6.04. The molecule has 1 amide bonds. The summed E-state index contributed by atoms with van der Waals surface area (Å²) in [4.78, 5) is 28.9. The Labute approximate surface area is 143 Å². The molecule has 4 rings (SSSR count). The summed E-state index contributed by atoms with van der Waals surface area (Å²) >= 11 is 0. The van der Waals surface area contributed by atoms with Gasteiger partial charge < -0.3 is 9.88 Å². The van der Waals surface area contributed by atoms with Gasteiger partial charge in [-0.1, -0.05) is 36.4 Å². The number of para-hydroxylation sites is 1. The first kappa shape index (κ1) is 15.4. The molecule has 1 N–H and O–H groups in total. The van der Waals surface area contributed by atoms with E-state index in [2.05, 4.69) is 4.98 Å². The molecule has 0 unspecified atom stereocenters. The number of nitrogens with zero attached hydrogens (tertiary/aromatic N) is 1. The van der Waals surface area contributed by atoms with Crippen molar-refractivity contribution in [3.63, 3.8) is 0 Å². The van der Waals surface area contributed by atoms with Crippen LogP contribution in [0.2, 0.25) is 0 Å². The Morgan fingerprint density at radius 3 is 2.72 bits per heavy atom. The Bertz CT molecular complexity index is 1030. The number of fused-ring (bicyclic) bond motifs is 3. The molecular weight excluding hydrogens is 319 g/mol. The van der Waals surface area contributed by atoms with Gasteiger partial charge in [0.15, 0.2) is 11.6 Å². The molecular formula is C20H15FN2O2. The van der Waals surface area contributed by atoms with Gasteiger partial charge in [-0.25, -0.2) is 9.18 Å². The fourth-order valence-corrected chi connectivity index (χ4v) is 3.39. The van der Waals surface area contributed by atoms with E-state index in [4.69, 9.17) is 0 Å². The molecule has 1 aromatic heterocycles. The van der Waals surface area contributed by atoms with Crippen LogP contribution >= 0.6 is 0 Å². The van der Waals surface area contributed by atoms with E-state index in [-0.39, 0.29) is 18.0 Å². The Balaban J connectivity index is 1.69. The molecule has 0 spiro atoms. The van der Waals surface area contributed by atoms with Gasteiger partial charge in [0.05, 0.1) is 12.1 Å². The number of rotatable bonds is 2. The third-order valence-corrected chi connectivity index (χ3v) is 4.60. The molecule has 2 aromatic carbocycles. The van der Waals surface area contributed by atoms with Crippen LogP contribution in [0.5, 0.6) is 0 Å². The molecule has 0 aliphatic carbocycles. The van der Waals surface area contributed by atoms with Gasteiger partial charge in [0, 0.05) is 17.4 Å². The molecule has 0 atom stereocenters. The zero-order chi connectivity index (χ0) is 17.4. The van der Waals surface area contributed by atoms with Crippen LogP contribution in [0.1, 0.15) is 16.8 Å². The number of H-pyrrole nitrogens is 1. The highest BCUT2D eigenvalue weighted by molar-refractivity contribution is 6.01. The zero-order valence-corrected chi connectivity index (χ0v) is 13.4. The van der Waals surface area contributed by atoms with E-state index in [0.717, 1.165) is 16.5 Å². The summed E-state index contributed by atoms with van der Waals surface area (Å²) in [6.45, 7) is 0.382. The SMILES string of the molecule is O=C=C1c2[nH]c3ccccc3c2CCN1C(=O)Cc1ccccc1F. The Kier molecular flexibility index (Phi) is 3.71. The summed E-state index contributed by atoms with van der Waals surface area (Å²) < 4.78 is 13.8. The molecule has 0 saturated carbocycles. The van der Waals surface area contributed by atoms with Crippen molar-refractivity contribution in [1.82, 2.24) is 9.88 Å². The number of halogens is 1. The van der Waals surface area contributed by atoms with Gasteiger partial charge in [-0.2, -0.15) is 0 Å². The number of aromatic nitrogens is 1. The number of amides is 1. The van der Waals surface area contributed by atoms with Crippen LogP contribution in [0.4, 0.5) is 4.39 Å². The van der Waals surface area contributed by atoms with Crippen LogP contribution in [0, 0.1) is 5.82 Å². The largest absolute Gasteiger partial charge is 0.352 e. The Morgan fingerprint density at radius 1 is 1.16 bits per heavy atom. The Hall–Kier alpha value is -3.17. The topological polar surface area (TPSA) is 53.2 Å². The molecule has 0 fully saturated rings. The van der Waals surface area contributed by atoms with Gasteiger partial charge in [0.1, 0.15) is 5.82 Å². The predicted octanol–water partition coefficient (Wildman–Crippen LogP) is 3.11. The van der Waals surface area contributed by atoms with E-state index in [1.165, 1.54) is 11.0 Å². The van der Waals surface area contributed by atoms with Crippen molar-refractivity contribution in [2.24, 2.45) is 0 Å². The van der Waals surface area contributed by atoms with E-state index < -0.39 is 5.82 Å². The summed E-state index contributed by atoms with van der Waals surface area (Å²) in [5.41, 5.74) is 3.08. The average molecular weight is 334 g/mol. The van der Waals surface area contributed by atoms with Crippen molar-refractivity contribution in [1.29, 1.82) is 0 Å². The van der Waals surface area contributed by atoms with Crippen molar-refractivity contribution in [2.45, 2.75) is 12.8 Å². The molecule has 0 bridgehead atoms. The maximum atomic E-state index is 13.8. The molecule has 0 radical (unpaired) electrons. The number of hydrogen-bond donors (Lipinski definition) is 1. The maximum absolute atomic E-state index is 13.8. The van der Waals surface area contributed by atoms with Crippen LogP contribution in [0.3, 0.4) is 0 Å². The van der Waals surface area contributed by atoms with Crippen LogP contribution in [-0.2, 0) is 22.4 Å². The van der Waals surface area contributed by atoms with Crippen LogP contribution in [-0.4, -0.2) is 28.3 Å². The fraction of sp³-hybridized carbons (Fsp3) is 0.150. The highest BCUT2D eigenvalue weighted by Crippen LogP contribution is 2.32. The van der Waals surface area contributed by atoms with E-state index in [1.54, 1.807) is 18.2 Å². The summed E-state index contributed by atoms with van der Waals surface area (Å²) in [6, 6.07) is 13.9. The van der Waals surface area contributed by atoms with Crippen molar-refractivity contribution in [3.05, 3.63) is 71.2 Å². The average Bonchev–Trinajstić information content (AvgIpc) is 3.01. The molecule has 4 nitrogen and oxygen atoms in total. The van der Waals surface area contributed by atoms with Gasteiger partial charge >= 0.3 is 0 Å². The van der Waals surface area contributed by atoms with Crippen molar-refractivity contribution >= 4 is 28.4 Å². The minimum Gasteiger partial charge on any atom is -0.352 e. The number of aromatic amines is 1. The first-order valence-electron chi connectivity index (χ1n) is 8.08. The molecule has 1 aliphatic rings. The number of hydrogen-bond acceptors (Lipinski definition) is 2. The van der Waals surface area contributed by atoms with Crippen molar-refractivity contribution < 1.29 is 14.0 Å². The van der Waals surface area contributed by atoms with Gasteiger partial charge in [-0.15, -0.1) is 0 Å². The van der Waals surface area contributed by atoms with Crippen LogP contribution < -0.4 is 0 Å². The molecule has 124 valence electrons. The van der Waals surface area contributed by atoms with Gasteiger partial charge in [-0.3, -0.25) is 4.79 Å². The fourth-order valence-electron chi connectivity index (χ4n) is 3.39.